The summed E-state index contributed by atoms with van der Waals surface area (Å²) in [4.78, 5) is 31.3. The number of hydrogen-bond acceptors (Lipinski definition) is 5. The minimum Gasteiger partial charge on any atom is -0.395 e. The molecule has 1 aliphatic carbocycles. The van der Waals surface area contributed by atoms with Crippen LogP contribution in [0.3, 0.4) is 0 Å². The molecule has 0 saturated heterocycles. The van der Waals surface area contributed by atoms with E-state index in [0.29, 0.717) is 30.7 Å². The van der Waals surface area contributed by atoms with Crippen molar-refractivity contribution in [3.05, 3.63) is 0 Å². The lowest BCUT2D eigenvalue weighted by molar-refractivity contribution is -0.122. The fourth-order valence-electron chi connectivity index (χ4n) is 10.5. The normalized spacial score (nSPS) is 13.6. The number of rotatable bonds is 50. The molecule has 0 spiro atoms. The van der Waals surface area contributed by atoms with Gasteiger partial charge in [0.25, 0.3) is 0 Å². The highest BCUT2D eigenvalue weighted by Crippen LogP contribution is 2.24. The van der Waals surface area contributed by atoms with Gasteiger partial charge in [0.2, 0.25) is 11.8 Å². The third-order valence-electron chi connectivity index (χ3n) is 15.0. The number of unbranched alkanes of at least 4 members (excludes halogenated alkanes) is 24. The van der Waals surface area contributed by atoms with Gasteiger partial charge in [0, 0.05) is 51.6 Å². The summed E-state index contributed by atoms with van der Waals surface area (Å²) in [6, 6.07) is 0.613. The van der Waals surface area contributed by atoms with E-state index in [1.54, 1.807) is 0 Å². The summed E-state index contributed by atoms with van der Waals surface area (Å²) >= 11 is 0. The smallest absolute Gasteiger partial charge is 0.220 e. The average Bonchev–Trinajstić information content (AvgIpc) is 3.32. The van der Waals surface area contributed by atoms with Crippen molar-refractivity contribution in [1.82, 2.24) is 20.4 Å². The lowest BCUT2D eigenvalue weighted by Gasteiger charge is -2.35. The van der Waals surface area contributed by atoms with E-state index < -0.39 is 0 Å². The van der Waals surface area contributed by atoms with E-state index in [-0.39, 0.29) is 18.4 Å². The fraction of sp³-hybridized carbons (Fsp3) is 0.966. The van der Waals surface area contributed by atoms with Gasteiger partial charge in [0.15, 0.2) is 0 Å². The topological polar surface area (TPSA) is 84.9 Å². The third-order valence-corrected chi connectivity index (χ3v) is 15.0. The van der Waals surface area contributed by atoms with Crippen LogP contribution in [0.15, 0.2) is 0 Å². The Morgan fingerprint density at radius 1 is 0.431 bits per heavy atom. The second kappa shape index (κ2) is 47.9. The molecule has 0 aromatic heterocycles. The van der Waals surface area contributed by atoms with E-state index in [1.165, 1.54) is 212 Å². The molecule has 0 atom stereocenters. The molecule has 7 nitrogen and oxygen atoms in total. The van der Waals surface area contributed by atoms with Crippen LogP contribution in [0.5, 0.6) is 0 Å². The highest BCUT2D eigenvalue weighted by atomic mass is 16.3. The van der Waals surface area contributed by atoms with Crippen molar-refractivity contribution in [2.24, 2.45) is 11.8 Å². The summed E-state index contributed by atoms with van der Waals surface area (Å²) in [5.41, 5.74) is 0. The van der Waals surface area contributed by atoms with Crippen LogP contribution in [0, 0.1) is 11.8 Å². The predicted molar refractivity (Wildman–Crippen MR) is 284 cm³/mol. The fourth-order valence-corrected chi connectivity index (χ4v) is 10.5. The number of carbonyl (C=O) groups excluding carboxylic acids is 2. The summed E-state index contributed by atoms with van der Waals surface area (Å²) in [5, 5.41) is 16.7. The van der Waals surface area contributed by atoms with Gasteiger partial charge >= 0.3 is 0 Å². The molecule has 0 radical (unpaired) electrons. The molecule has 0 heterocycles. The Balaban J connectivity index is 2.57. The molecule has 3 N–H and O–H groups in total. The van der Waals surface area contributed by atoms with Gasteiger partial charge in [-0.25, -0.2) is 0 Å². The monoisotopic (exact) mass is 917 g/mol. The van der Waals surface area contributed by atoms with Gasteiger partial charge in [-0.3, -0.25) is 14.5 Å². The summed E-state index contributed by atoms with van der Waals surface area (Å²) in [5.74, 6) is 1.76. The van der Waals surface area contributed by atoms with Crippen LogP contribution in [-0.4, -0.2) is 85.2 Å². The zero-order valence-electron chi connectivity index (χ0n) is 44.5. The summed E-state index contributed by atoms with van der Waals surface area (Å²) in [6.45, 7) is 16.1. The van der Waals surface area contributed by atoms with Crippen molar-refractivity contribution in [2.45, 2.75) is 297 Å². The van der Waals surface area contributed by atoms with Crippen LogP contribution in [-0.2, 0) is 9.59 Å². The van der Waals surface area contributed by atoms with Crippen molar-refractivity contribution in [3.63, 3.8) is 0 Å². The maximum absolute atomic E-state index is 13.0. The highest BCUT2D eigenvalue weighted by molar-refractivity contribution is 5.76. The Hall–Kier alpha value is -1.18. The second-order valence-electron chi connectivity index (χ2n) is 21.1. The molecule has 386 valence electrons. The van der Waals surface area contributed by atoms with Crippen molar-refractivity contribution >= 4 is 11.8 Å². The van der Waals surface area contributed by atoms with E-state index in [9.17, 15) is 14.7 Å². The minimum absolute atomic E-state index is 0.234. The van der Waals surface area contributed by atoms with Crippen molar-refractivity contribution in [2.75, 3.05) is 52.4 Å². The standard InChI is InChI=1S/C58H116N4O3/c1-5-9-13-17-21-28-38-54(39-29-22-18-14-10-6-2)52-59-57(64)44-34-26-36-46-61(48-49-62(50-51-63)56-42-32-25-33-43-56)47-37-27-35-45-58(65)60-53-55(40-30-23-19-15-11-7-3)41-31-24-20-16-12-8-4/h54-56,63H,5-53H2,1-4H3,(H,59,64)(H,60,65). The molecule has 0 bridgehead atoms. The molecule has 2 amide bonds. The number of aliphatic hydroxyl groups is 1. The first kappa shape index (κ1) is 61.8. The quantitative estimate of drug-likeness (QED) is 0.0530. The van der Waals surface area contributed by atoms with Gasteiger partial charge in [-0.2, -0.15) is 0 Å². The Morgan fingerprint density at radius 3 is 1.15 bits per heavy atom. The van der Waals surface area contributed by atoms with Crippen LogP contribution in [0.25, 0.3) is 0 Å². The van der Waals surface area contributed by atoms with Gasteiger partial charge in [-0.1, -0.05) is 214 Å². The lowest BCUT2D eigenvalue weighted by atomic mass is 9.94. The largest absolute Gasteiger partial charge is 0.395 e. The molecule has 7 heteroatoms. The number of hydrogen-bond donors (Lipinski definition) is 3. The Bertz CT molecular complexity index is 911. The molecule has 0 aromatic carbocycles. The van der Waals surface area contributed by atoms with Gasteiger partial charge in [-0.05, 0) is 89.1 Å². The summed E-state index contributed by atoms with van der Waals surface area (Å²) in [7, 11) is 0. The zero-order valence-corrected chi connectivity index (χ0v) is 44.5. The maximum atomic E-state index is 13.0. The number of aliphatic hydroxyl groups excluding tert-OH is 1. The molecule has 1 fully saturated rings. The van der Waals surface area contributed by atoms with Crippen LogP contribution < -0.4 is 10.6 Å². The van der Waals surface area contributed by atoms with E-state index in [4.69, 9.17) is 0 Å². The Kier molecular flexibility index (Phi) is 45.5. The van der Waals surface area contributed by atoms with Crippen LogP contribution in [0.1, 0.15) is 291 Å². The number of amides is 2. The number of nitrogens with zero attached hydrogens (tertiary/aromatic N) is 2. The molecule has 0 aromatic rings. The first-order chi connectivity index (χ1) is 32.0. The van der Waals surface area contributed by atoms with Crippen molar-refractivity contribution < 1.29 is 14.7 Å². The highest BCUT2D eigenvalue weighted by Gasteiger charge is 2.21. The number of carbonyl (C=O) groups is 2. The average molecular weight is 918 g/mol. The van der Waals surface area contributed by atoms with Crippen molar-refractivity contribution in [1.29, 1.82) is 0 Å². The van der Waals surface area contributed by atoms with Gasteiger partial charge in [-0.15, -0.1) is 0 Å². The SMILES string of the molecule is CCCCCCCCC(CCCCCCCC)CNC(=O)CCCCCN(CCCCCC(=O)NCC(CCCCCCCC)CCCCCCCC)CCN(CCO)C1CCCCC1. The molecule has 1 aliphatic rings. The molecule has 0 aliphatic heterocycles. The first-order valence-corrected chi connectivity index (χ1v) is 29.6. The van der Waals surface area contributed by atoms with E-state index in [0.717, 1.165) is 84.3 Å². The summed E-state index contributed by atoms with van der Waals surface area (Å²) < 4.78 is 0. The van der Waals surface area contributed by atoms with E-state index >= 15 is 0 Å². The summed E-state index contributed by atoms with van der Waals surface area (Å²) in [6.07, 6.45) is 51.4. The first-order valence-electron chi connectivity index (χ1n) is 29.6. The second-order valence-corrected chi connectivity index (χ2v) is 21.1. The van der Waals surface area contributed by atoms with Gasteiger partial charge in [0.1, 0.15) is 0 Å². The predicted octanol–water partition coefficient (Wildman–Crippen LogP) is 15.5. The van der Waals surface area contributed by atoms with Crippen LogP contribution in [0.4, 0.5) is 0 Å². The minimum atomic E-state index is 0.234. The van der Waals surface area contributed by atoms with Crippen LogP contribution in [0.2, 0.25) is 0 Å². The van der Waals surface area contributed by atoms with Crippen LogP contribution >= 0.6 is 0 Å². The molecule has 1 saturated carbocycles. The molecule has 0 unspecified atom stereocenters. The maximum Gasteiger partial charge on any atom is 0.220 e. The zero-order chi connectivity index (χ0) is 47.1. The molecular weight excluding hydrogens is 801 g/mol. The molecular formula is C58H116N4O3. The van der Waals surface area contributed by atoms with Gasteiger partial charge < -0.3 is 20.6 Å². The lowest BCUT2D eigenvalue weighted by Crippen LogP contribution is -2.43. The van der Waals surface area contributed by atoms with E-state index in [1.807, 2.05) is 0 Å². The van der Waals surface area contributed by atoms with E-state index in [2.05, 4.69) is 48.1 Å². The Labute approximate surface area is 406 Å². The third kappa shape index (κ3) is 39.4. The number of nitrogens with one attached hydrogen (secondary N) is 2. The van der Waals surface area contributed by atoms with Gasteiger partial charge in [0.05, 0.1) is 6.61 Å². The molecule has 65 heavy (non-hydrogen) atoms. The Morgan fingerprint density at radius 2 is 0.785 bits per heavy atom. The van der Waals surface area contributed by atoms with Crippen molar-refractivity contribution in [3.8, 4) is 0 Å². The molecule has 1 rings (SSSR count).